The molecule has 21 heavy (non-hydrogen) atoms. The Bertz CT molecular complexity index is 650. The first kappa shape index (κ1) is 14.6. The Hall–Kier alpha value is -1.32. The van der Waals surface area contributed by atoms with Gasteiger partial charge in [0.05, 0.1) is 12.7 Å². The van der Waals surface area contributed by atoms with E-state index in [0.29, 0.717) is 6.61 Å². The summed E-state index contributed by atoms with van der Waals surface area (Å²) >= 11 is 3.54. The Morgan fingerprint density at radius 1 is 1.19 bits per heavy atom. The van der Waals surface area contributed by atoms with Crippen molar-refractivity contribution >= 4 is 15.9 Å². The predicted molar refractivity (Wildman–Crippen MR) is 87.8 cm³/mol. The fourth-order valence-corrected chi connectivity index (χ4v) is 3.44. The van der Waals surface area contributed by atoms with Gasteiger partial charge in [-0.1, -0.05) is 60.1 Å². The van der Waals surface area contributed by atoms with E-state index in [0.717, 1.165) is 27.8 Å². The van der Waals surface area contributed by atoms with Crippen molar-refractivity contribution in [1.29, 1.82) is 0 Å². The van der Waals surface area contributed by atoms with E-state index in [9.17, 15) is 5.11 Å². The zero-order valence-electron chi connectivity index (χ0n) is 12.3. The van der Waals surface area contributed by atoms with Gasteiger partial charge >= 0.3 is 0 Å². The first-order chi connectivity index (χ1) is 10.00. The molecule has 3 heteroatoms. The molecule has 1 heterocycles. The van der Waals surface area contributed by atoms with Crippen LogP contribution >= 0.6 is 15.9 Å². The van der Waals surface area contributed by atoms with Gasteiger partial charge in [-0.25, -0.2) is 0 Å². The van der Waals surface area contributed by atoms with Crippen LogP contribution in [0, 0.1) is 0 Å². The van der Waals surface area contributed by atoms with Crippen LogP contribution in [0.5, 0.6) is 5.75 Å². The molecule has 0 bridgehead atoms. The second kappa shape index (κ2) is 5.47. The van der Waals surface area contributed by atoms with E-state index in [1.54, 1.807) is 0 Å². The lowest BCUT2D eigenvalue weighted by Gasteiger charge is -2.32. The summed E-state index contributed by atoms with van der Waals surface area (Å²) in [5.41, 5.74) is 2.76. The van der Waals surface area contributed by atoms with Gasteiger partial charge < -0.3 is 9.84 Å². The van der Waals surface area contributed by atoms with Gasteiger partial charge in [0, 0.05) is 21.9 Å². The van der Waals surface area contributed by atoms with Crippen LogP contribution in [-0.2, 0) is 11.8 Å². The third kappa shape index (κ3) is 2.60. The zero-order chi connectivity index (χ0) is 15.0. The molecule has 2 nitrogen and oxygen atoms in total. The van der Waals surface area contributed by atoms with Gasteiger partial charge in [0.1, 0.15) is 5.75 Å². The van der Waals surface area contributed by atoms with E-state index in [-0.39, 0.29) is 5.41 Å². The molecule has 1 aliphatic rings. The molecule has 2 aromatic rings. The second-order valence-electron chi connectivity index (χ2n) is 6.07. The largest absolute Gasteiger partial charge is 0.493 e. The molecular weight excluding hydrogens is 328 g/mol. The molecule has 1 unspecified atom stereocenters. The summed E-state index contributed by atoms with van der Waals surface area (Å²) in [6.45, 7) is 4.82. The highest BCUT2D eigenvalue weighted by Crippen LogP contribution is 2.44. The monoisotopic (exact) mass is 346 g/mol. The quantitative estimate of drug-likeness (QED) is 0.892. The molecule has 0 aliphatic carbocycles. The minimum Gasteiger partial charge on any atom is -0.493 e. The van der Waals surface area contributed by atoms with Crippen molar-refractivity contribution in [2.24, 2.45) is 0 Å². The highest BCUT2D eigenvalue weighted by molar-refractivity contribution is 9.10. The van der Waals surface area contributed by atoms with Crippen LogP contribution in [0.25, 0.3) is 0 Å². The van der Waals surface area contributed by atoms with Crippen LogP contribution in [0.2, 0.25) is 0 Å². The molecule has 3 rings (SSSR count). The minimum atomic E-state index is -0.621. The minimum absolute atomic E-state index is 0.387. The lowest BCUT2D eigenvalue weighted by molar-refractivity contribution is 0.0972. The summed E-state index contributed by atoms with van der Waals surface area (Å²) in [4.78, 5) is 0. The van der Waals surface area contributed by atoms with Crippen molar-refractivity contribution in [1.82, 2.24) is 0 Å². The fourth-order valence-electron chi connectivity index (χ4n) is 2.92. The molecule has 0 saturated heterocycles. The Labute approximate surface area is 133 Å². The molecule has 0 spiro atoms. The summed E-state index contributed by atoms with van der Waals surface area (Å²) in [6.07, 6.45) is 0.282. The SMILES string of the molecule is CC(C)(c1ccccc1)C(O)c1cc(Br)cc2c1OCC2. The van der Waals surface area contributed by atoms with E-state index in [1.165, 1.54) is 5.56 Å². The molecule has 0 aromatic heterocycles. The van der Waals surface area contributed by atoms with Crippen LogP contribution in [0.1, 0.15) is 36.6 Å². The van der Waals surface area contributed by atoms with Gasteiger partial charge in [-0.2, -0.15) is 0 Å². The van der Waals surface area contributed by atoms with Crippen molar-refractivity contribution in [2.75, 3.05) is 6.61 Å². The van der Waals surface area contributed by atoms with Crippen molar-refractivity contribution < 1.29 is 9.84 Å². The number of halogens is 1. The summed E-state index contributed by atoms with van der Waals surface area (Å²) in [5.74, 6) is 0.856. The van der Waals surface area contributed by atoms with Gasteiger partial charge in [0.2, 0.25) is 0 Å². The van der Waals surface area contributed by atoms with Crippen molar-refractivity contribution in [3.05, 3.63) is 63.6 Å². The van der Waals surface area contributed by atoms with Gasteiger partial charge in [-0.05, 0) is 23.3 Å². The molecule has 0 radical (unpaired) electrons. The maximum absolute atomic E-state index is 11.0. The predicted octanol–water partition coefficient (Wildman–Crippen LogP) is 4.40. The lowest BCUT2D eigenvalue weighted by Crippen LogP contribution is -2.27. The molecule has 110 valence electrons. The van der Waals surface area contributed by atoms with Gasteiger partial charge in [-0.3, -0.25) is 0 Å². The number of hydrogen-bond donors (Lipinski definition) is 1. The normalized spacial score (nSPS) is 15.4. The first-order valence-electron chi connectivity index (χ1n) is 7.19. The molecule has 1 aliphatic heterocycles. The standard InChI is InChI=1S/C18H19BrO2/c1-18(2,13-6-4-3-5-7-13)17(20)15-11-14(19)10-12-8-9-21-16(12)15/h3-7,10-11,17,20H,8-9H2,1-2H3. The third-order valence-electron chi connectivity index (χ3n) is 4.27. The summed E-state index contributed by atoms with van der Waals surface area (Å²) < 4.78 is 6.75. The summed E-state index contributed by atoms with van der Waals surface area (Å²) in [5, 5.41) is 11.0. The van der Waals surface area contributed by atoms with E-state index in [2.05, 4.69) is 48.0 Å². The molecule has 0 fully saturated rings. The molecule has 0 saturated carbocycles. The Morgan fingerprint density at radius 3 is 2.62 bits per heavy atom. The number of fused-ring (bicyclic) bond motifs is 1. The maximum Gasteiger partial charge on any atom is 0.128 e. The van der Waals surface area contributed by atoms with Crippen LogP contribution in [0.15, 0.2) is 46.9 Å². The average molecular weight is 347 g/mol. The molecule has 1 atom stereocenters. The van der Waals surface area contributed by atoms with Crippen molar-refractivity contribution in [3.63, 3.8) is 0 Å². The number of rotatable bonds is 3. The lowest BCUT2D eigenvalue weighted by atomic mass is 9.76. The number of hydrogen-bond acceptors (Lipinski definition) is 2. The van der Waals surface area contributed by atoms with Crippen LogP contribution in [0.4, 0.5) is 0 Å². The van der Waals surface area contributed by atoms with E-state index < -0.39 is 6.10 Å². The maximum atomic E-state index is 11.0. The van der Waals surface area contributed by atoms with E-state index in [1.807, 2.05) is 24.3 Å². The van der Waals surface area contributed by atoms with Crippen molar-refractivity contribution in [3.8, 4) is 5.75 Å². The number of aliphatic hydroxyl groups excluding tert-OH is 1. The summed E-state index contributed by atoms with van der Waals surface area (Å²) in [6, 6.07) is 14.2. The van der Waals surface area contributed by atoms with Gasteiger partial charge in [-0.15, -0.1) is 0 Å². The Balaban J connectivity index is 2.05. The van der Waals surface area contributed by atoms with Crippen LogP contribution in [0.3, 0.4) is 0 Å². The number of ether oxygens (including phenoxy) is 1. The topological polar surface area (TPSA) is 29.5 Å². The third-order valence-corrected chi connectivity index (χ3v) is 4.73. The Morgan fingerprint density at radius 2 is 1.90 bits per heavy atom. The number of benzene rings is 2. The molecular formula is C18H19BrO2. The number of aliphatic hydroxyl groups is 1. The van der Waals surface area contributed by atoms with Crippen molar-refractivity contribution in [2.45, 2.75) is 31.8 Å². The molecule has 1 N–H and O–H groups in total. The van der Waals surface area contributed by atoms with Crippen LogP contribution in [-0.4, -0.2) is 11.7 Å². The smallest absolute Gasteiger partial charge is 0.128 e. The summed E-state index contributed by atoms with van der Waals surface area (Å²) in [7, 11) is 0. The zero-order valence-corrected chi connectivity index (χ0v) is 13.9. The van der Waals surface area contributed by atoms with Gasteiger partial charge in [0.15, 0.2) is 0 Å². The Kier molecular flexibility index (Phi) is 3.80. The molecule has 2 aromatic carbocycles. The first-order valence-corrected chi connectivity index (χ1v) is 7.98. The van der Waals surface area contributed by atoms with Gasteiger partial charge in [0.25, 0.3) is 0 Å². The fraction of sp³-hybridized carbons (Fsp3) is 0.333. The van der Waals surface area contributed by atoms with E-state index >= 15 is 0 Å². The average Bonchev–Trinajstić information content (AvgIpc) is 2.94. The highest BCUT2D eigenvalue weighted by atomic mass is 79.9. The van der Waals surface area contributed by atoms with E-state index in [4.69, 9.17) is 4.74 Å². The second-order valence-corrected chi connectivity index (χ2v) is 6.99. The van der Waals surface area contributed by atoms with Crippen LogP contribution < -0.4 is 4.74 Å². The highest BCUT2D eigenvalue weighted by Gasteiger charge is 2.34. The molecule has 0 amide bonds.